The molecule has 1 amide bonds. The van der Waals surface area contributed by atoms with Crippen molar-refractivity contribution in [2.45, 2.75) is 50.1 Å². The number of hydrogen-bond donors (Lipinski definition) is 3. The molecule has 3 unspecified atom stereocenters. The van der Waals surface area contributed by atoms with Crippen molar-refractivity contribution in [3.8, 4) is 0 Å². The zero-order chi connectivity index (χ0) is 13.2. The number of nitrogens with one attached hydrogen (secondary N) is 2. The van der Waals surface area contributed by atoms with E-state index in [-0.39, 0.29) is 11.9 Å². The van der Waals surface area contributed by atoms with E-state index in [1.54, 1.807) is 0 Å². The average Bonchev–Trinajstić information content (AvgIpc) is 2.80. The third kappa shape index (κ3) is 3.17. The molecular formula is C12H20F2N2O2. The number of amides is 1. The number of halogens is 2. The highest BCUT2D eigenvalue weighted by atomic mass is 19.3. The Morgan fingerprint density at radius 3 is 2.78 bits per heavy atom. The first-order valence-corrected chi connectivity index (χ1v) is 6.54. The van der Waals surface area contributed by atoms with Gasteiger partial charge in [0.05, 0.1) is 12.6 Å². The Kier molecular flexibility index (Phi) is 4.17. The normalized spacial score (nSPS) is 32.1. The zero-order valence-corrected chi connectivity index (χ0v) is 10.3. The smallest absolute Gasteiger partial charge is 0.287 e. The molecule has 0 aromatic rings. The van der Waals surface area contributed by atoms with Crippen LogP contribution in [0, 0.1) is 5.92 Å². The quantitative estimate of drug-likeness (QED) is 0.697. The monoisotopic (exact) mass is 262 g/mol. The van der Waals surface area contributed by atoms with Gasteiger partial charge in [0, 0.05) is 6.04 Å². The summed E-state index contributed by atoms with van der Waals surface area (Å²) in [7, 11) is 0. The van der Waals surface area contributed by atoms with Crippen LogP contribution in [-0.2, 0) is 4.79 Å². The van der Waals surface area contributed by atoms with E-state index in [4.69, 9.17) is 5.11 Å². The van der Waals surface area contributed by atoms with Gasteiger partial charge in [-0.05, 0) is 25.2 Å². The summed E-state index contributed by atoms with van der Waals surface area (Å²) in [5.41, 5.74) is 0. The minimum atomic E-state index is -3.24. The number of aliphatic hydroxyl groups excluding tert-OH is 1. The van der Waals surface area contributed by atoms with Gasteiger partial charge < -0.3 is 15.7 Å². The number of hydrogen-bond acceptors (Lipinski definition) is 3. The van der Waals surface area contributed by atoms with Crippen LogP contribution in [0.15, 0.2) is 0 Å². The van der Waals surface area contributed by atoms with Crippen LogP contribution in [0.1, 0.15) is 32.1 Å². The fourth-order valence-corrected chi connectivity index (χ4v) is 2.92. The van der Waals surface area contributed by atoms with Crippen LogP contribution in [0.3, 0.4) is 0 Å². The van der Waals surface area contributed by atoms with E-state index < -0.39 is 19.1 Å². The maximum Gasteiger partial charge on any atom is 0.287 e. The van der Waals surface area contributed by atoms with Crippen molar-refractivity contribution in [3.05, 3.63) is 0 Å². The minimum Gasteiger partial charge on any atom is -0.390 e. The first kappa shape index (κ1) is 13.7. The van der Waals surface area contributed by atoms with Crippen LogP contribution in [0.2, 0.25) is 0 Å². The van der Waals surface area contributed by atoms with E-state index in [0.717, 1.165) is 19.3 Å². The third-order valence-corrected chi connectivity index (χ3v) is 3.93. The van der Waals surface area contributed by atoms with E-state index in [2.05, 4.69) is 10.6 Å². The molecule has 0 aromatic carbocycles. The van der Waals surface area contributed by atoms with Gasteiger partial charge in [0.15, 0.2) is 0 Å². The van der Waals surface area contributed by atoms with Crippen LogP contribution in [-0.4, -0.2) is 42.2 Å². The first-order valence-electron chi connectivity index (χ1n) is 6.54. The van der Waals surface area contributed by atoms with Gasteiger partial charge in [-0.2, -0.15) is 0 Å². The molecule has 1 aliphatic heterocycles. The highest BCUT2D eigenvalue weighted by Crippen LogP contribution is 2.33. The van der Waals surface area contributed by atoms with Crippen LogP contribution < -0.4 is 10.6 Å². The molecular weight excluding hydrogens is 242 g/mol. The summed E-state index contributed by atoms with van der Waals surface area (Å²) < 4.78 is 25.6. The Hall–Kier alpha value is -0.750. The summed E-state index contributed by atoms with van der Waals surface area (Å²) >= 11 is 0. The molecule has 104 valence electrons. The minimum absolute atomic E-state index is 0.354. The maximum absolute atomic E-state index is 12.8. The molecule has 2 fully saturated rings. The van der Waals surface area contributed by atoms with Gasteiger partial charge in [0.2, 0.25) is 5.91 Å². The predicted octanol–water partition coefficient (Wildman–Crippen LogP) is 0.651. The van der Waals surface area contributed by atoms with Crippen molar-refractivity contribution in [1.82, 2.24) is 10.6 Å². The van der Waals surface area contributed by atoms with E-state index >= 15 is 0 Å². The molecule has 3 N–H and O–H groups in total. The second-order valence-electron chi connectivity index (χ2n) is 5.34. The van der Waals surface area contributed by atoms with Crippen molar-refractivity contribution in [1.29, 1.82) is 0 Å². The second kappa shape index (κ2) is 5.48. The van der Waals surface area contributed by atoms with Crippen LogP contribution in [0.4, 0.5) is 8.78 Å². The number of alkyl halides is 2. The van der Waals surface area contributed by atoms with E-state index in [9.17, 15) is 13.6 Å². The highest BCUT2D eigenvalue weighted by Gasteiger charge is 2.39. The first-order chi connectivity index (χ1) is 8.52. The van der Waals surface area contributed by atoms with Crippen molar-refractivity contribution in [2.75, 3.05) is 13.2 Å². The zero-order valence-electron chi connectivity index (χ0n) is 10.3. The summed E-state index contributed by atoms with van der Waals surface area (Å²) in [6, 6.07) is 0.0143. The number of carbonyl (C=O) groups is 1. The Morgan fingerprint density at radius 2 is 2.11 bits per heavy atom. The highest BCUT2D eigenvalue weighted by molar-refractivity contribution is 5.82. The van der Waals surface area contributed by atoms with Crippen molar-refractivity contribution in [3.63, 3.8) is 0 Å². The molecule has 0 radical (unpaired) electrons. The number of aliphatic hydroxyl groups is 1. The fourth-order valence-electron chi connectivity index (χ4n) is 2.92. The standard InChI is InChI=1S/C12H20F2N2O2/c13-12(14,7-17)6-15-11(18)10-5-8-3-1-2-4-9(8)16-10/h8-10,16-17H,1-7H2,(H,15,18). The molecule has 0 spiro atoms. The predicted molar refractivity (Wildman–Crippen MR) is 62.3 cm³/mol. The SMILES string of the molecule is O=C(NCC(F)(F)CO)C1CC2CCCCC2N1. The lowest BCUT2D eigenvalue weighted by Crippen LogP contribution is -2.47. The molecule has 1 saturated heterocycles. The van der Waals surface area contributed by atoms with Crippen LogP contribution in [0.5, 0.6) is 0 Å². The Morgan fingerprint density at radius 1 is 1.39 bits per heavy atom. The molecule has 1 aliphatic carbocycles. The van der Waals surface area contributed by atoms with Gasteiger partial charge in [0.1, 0.15) is 6.61 Å². The third-order valence-electron chi connectivity index (χ3n) is 3.93. The summed E-state index contributed by atoms with van der Waals surface area (Å²) in [5, 5.41) is 13.9. The van der Waals surface area contributed by atoms with Crippen molar-refractivity contribution >= 4 is 5.91 Å². The average molecular weight is 262 g/mol. The van der Waals surface area contributed by atoms with Crippen LogP contribution in [0.25, 0.3) is 0 Å². The lowest BCUT2D eigenvalue weighted by atomic mass is 9.85. The number of rotatable bonds is 4. The van der Waals surface area contributed by atoms with Gasteiger partial charge in [-0.15, -0.1) is 0 Å². The summed E-state index contributed by atoms with van der Waals surface area (Å²) in [6.07, 6.45) is 5.29. The Balaban J connectivity index is 1.80. The van der Waals surface area contributed by atoms with Gasteiger partial charge in [0.25, 0.3) is 5.92 Å². The molecule has 1 heterocycles. The summed E-state index contributed by atoms with van der Waals surface area (Å²) in [5.74, 6) is -3.11. The molecule has 6 heteroatoms. The second-order valence-corrected chi connectivity index (χ2v) is 5.34. The fraction of sp³-hybridized carbons (Fsp3) is 0.917. The van der Waals surface area contributed by atoms with Gasteiger partial charge >= 0.3 is 0 Å². The molecule has 2 rings (SSSR count). The van der Waals surface area contributed by atoms with Crippen molar-refractivity contribution in [2.24, 2.45) is 5.92 Å². The molecule has 4 nitrogen and oxygen atoms in total. The topological polar surface area (TPSA) is 61.4 Å². The molecule has 0 aromatic heterocycles. The molecule has 1 saturated carbocycles. The van der Waals surface area contributed by atoms with Gasteiger partial charge in [-0.1, -0.05) is 12.8 Å². The number of fused-ring (bicyclic) bond motifs is 1. The maximum atomic E-state index is 12.8. The van der Waals surface area contributed by atoms with Gasteiger partial charge in [-0.3, -0.25) is 4.79 Å². The Labute approximate surface area is 105 Å². The summed E-state index contributed by atoms with van der Waals surface area (Å²) in [4.78, 5) is 11.8. The van der Waals surface area contributed by atoms with E-state index in [1.165, 1.54) is 12.8 Å². The van der Waals surface area contributed by atoms with E-state index in [1.807, 2.05) is 0 Å². The largest absolute Gasteiger partial charge is 0.390 e. The molecule has 3 atom stereocenters. The van der Waals surface area contributed by atoms with Crippen molar-refractivity contribution < 1.29 is 18.7 Å². The molecule has 18 heavy (non-hydrogen) atoms. The molecule has 2 aliphatic rings. The van der Waals surface area contributed by atoms with Gasteiger partial charge in [-0.25, -0.2) is 8.78 Å². The lowest BCUT2D eigenvalue weighted by Gasteiger charge is -2.24. The molecule has 0 bridgehead atoms. The summed E-state index contributed by atoms with van der Waals surface area (Å²) in [6.45, 7) is -2.04. The number of carbonyl (C=O) groups excluding carboxylic acids is 1. The van der Waals surface area contributed by atoms with E-state index in [0.29, 0.717) is 12.0 Å². The van der Waals surface area contributed by atoms with Crippen LogP contribution >= 0.6 is 0 Å². The lowest BCUT2D eigenvalue weighted by molar-refractivity contribution is -0.125. The Bertz CT molecular complexity index is 298.